The summed E-state index contributed by atoms with van der Waals surface area (Å²) in [4.78, 5) is 29.6. The van der Waals surface area contributed by atoms with Gasteiger partial charge in [0.05, 0.1) is 23.8 Å². The fourth-order valence-electron chi connectivity index (χ4n) is 4.44. The van der Waals surface area contributed by atoms with E-state index in [0.29, 0.717) is 55.0 Å². The normalized spacial score (nSPS) is 18.1. The maximum absolute atomic E-state index is 12.8. The van der Waals surface area contributed by atoms with Gasteiger partial charge >= 0.3 is 0 Å². The SMILES string of the molecule is CCN1C(=O)/C(=C/c2cc(C)n(-c3ccc(N4CCOCC4)c([N+](=O)[O-])c3)c2C)N(C)C1=S. The Morgan fingerprint density at radius 1 is 1.21 bits per heavy atom. The molecule has 174 valence electrons. The predicted molar refractivity (Wildman–Crippen MR) is 131 cm³/mol. The summed E-state index contributed by atoms with van der Waals surface area (Å²) < 4.78 is 7.35. The molecule has 2 saturated heterocycles. The van der Waals surface area contributed by atoms with Gasteiger partial charge in [-0.1, -0.05) is 0 Å². The number of carbonyl (C=O) groups is 1. The van der Waals surface area contributed by atoms with E-state index in [1.165, 1.54) is 0 Å². The first kappa shape index (κ1) is 22.9. The number of benzene rings is 1. The summed E-state index contributed by atoms with van der Waals surface area (Å²) in [5, 5.41) is 12.4. The Bertz CT molecular complexity index is 1170. The van der Waals surface area contributed by atoms with Crippen molar-refractivity contribution in [3.05, 3.63) is 57.0 Å². The maximum Gasteiger partial charge on any atom is 0.294 e. The van der Waals surface area contributed by atoms with Crippen molar-refractivity contribution in [2.75, 3.05) is 44.8 Å². The lowest BCUT2D eigenvalue weighted by atomic mass is 10.2. The van der Waals surface area contributed by atoms with Crippen LogP contribution < -0.4 is 4.90 Å². The molecule has 1 aromatic heterocycles. The molecule has 2 aromatic rings. The number of anilines is 1. The number of rotatable bonds is 5. The van der Waals surface area contributed by atoms with Gasteiger partial charge in [-0.25, -0.2) is 0 Å². The number of aromatic nitrogens is 1. The number of carbonyl (C=O) groups excluding carboxylic acids is 1. The molecule has 0 saturated carbocycles. The number of aryl methyl sites for hydroxylation is 1. The van der Waals surface area contributed by atoms with Crippen LogP contribution in [0.2, 0.25) is 0 Å². The first-order chi connectivity index (χ1) is 15.7. The Labute approximate surface area is 198 Å². The Hall–Kier alpha value is -3.24. The van der Waals surface area contributed by atoms with E-state index in [9.17, 15) is 14.9 Å². The zero-order valence-corrected chi connectivity index (χ0v) is 20.0. The number of thiocarbonyl (C=S) groups is 1. The van der Waals surface area contributed by atoms with Crippen molar-refractivity contribution >= 4 is 40.7 Å². The van der Waals surface area contributed by atoms with Crippen LogP contribution >= 0.6 is 12.2 Å². The molecule has 0 unspecified atom stereocenters. The van der Waals surface area contributed by atoms with Gasteiger partial charge in [0.25, 0.3) is 11.6 Å². The molecular weight excluding hydrogens is 442 g/mol. The summed E-state index contributed by atoms with van der Waals surface area (Å²) in [6.07, 6.45) is 1.83. The quantitative estimate of drug-likeness (QED) is 0.288. The molecule has 9 nitrogen and oxygen atoms in total. The van der Waals surface area contributed by atoms with E-state index in [1.54, 1.807) is 22.9 Å². The van der Waals surface area contributed by atoms with Crippen molar-refractivity contribution in [1.29, 1.82) is 0 Å². The lowest BCUT2D eigenvalue weighted by Gasteiger charge is -2.28. The molecule has 0 atom stereocenters. The van der Waals surface area contributed by atoms with Crippen molar-refractivity contribution in [1.82, 2.24) is 14.4 Å². The number of nitrogens with zero attached hydrogens (tertiary/aromatic N) is 5. The molecular formula is C23H27N5O4S. The second kappa shape index (κ2) is 8.95. The maximum atomic E-state index is 12.8. The summed E-state index contributed by atoms with van der Waals surface area (Å²) in [5.74, 6) is -0.125. The van der Waals surface area contributed by atoms with E-state index < -0.39 is 0 Å². The van der Waals surface area contributed by atoms with E-state index >= 15 is 0 Å². The third kappa shape index (κ3) is 4.00. The van der Waals surface area contributed by atoms with Gasteiger partial charge in [0.2, 0.25) is 0 Å². The monoisotopic (exact) mass is 469 g/mol. The molecule has 2 aliphatic heterocycles. The highest BCUT2D eigenvalue weighted by atomic mass is 32.1. The van der Waals surface area contributed by atoms with E-state index in [1.807, 2.05) is 54.5 Å². The molecule has 1 aromatic carbocycles. The van der Waals surface area contributed by atoms with Gasteiger partial charge in [-0.2, -0.15) is 0 Å². The topological polar surface area (TPSA) is 84.1 Å². The molecule has 33 heavy (non-hydrogen) atoms. The number of hydrogen-bond acceptors (Lipinski definition) is 6. The summed E-state index contributed by atoms with van der Waals surface area (Å²) in [7, 11) is 1.79. The number of ether oxygens (including phenoxy) is 1. The fraction of sp³-hybridized carbons (Fsp3) is 0.391. The van der Waals surface area contributed by atoms with Gasteiger partial charge < -0.3 is 19.1 Å². The Morgan fingerprint density at radius 3 is 2.52 bits per heavy atom. The second-order valence-corrected chi connectivity index (χ2v) is 8.48. The highest BCUT2D eigenvalue weighted by Crippen LogP contribution is 2.33. The van der Waals surface area contributed by atoms with Crippen LogP contribution in [-0.2, 0) is 9.53 Å². The van der Waals surface area contributed by atoms with E-state index in [-0.39, 0.29) is 16.5 Å². The van der Waals surface area contributed by atoms with Crippen LogP contribution in [0.1, 0.15) is 23.9 Å². The van der Waals surface area contributed by atoms with Gasteiger partial charge in [0.1, 0.15) is 11.4 Å². The number of likely N-dealkylation sites (N-methyl/N-ethyl adjacent to an activating group) is 2. The van der Waals surface area contributed by atoms with E-state index in [4.69, 9.17) is 17.0 Å². The average Bonchev–Trinajstić information content (AvgIpc) is 3.20. The predicted octanol–water partition coefficient (Wildman–Crippen LogP) is 3.26. The molecule has 2 fully saturated rings. The van der Waals surface area contributed by atoms with Crippen LogP contribution in [0.25, 0.3) is 11.8 Å². The van der Waals surface area contributed by atoms with Crippen LogP contribution in [0.4, 0.5) is 11.4 Å². The largest absolute Gasteiger partial charge is 0.378 e. The molecule has 1 amide bonds. The molecule has 0 spiro atoms. The van der Waals surface area contributed by atoms with Crippen LogP contribution in [0.5, 0.6) is 0 Å². The summed E-state index contributed by atoms with van der Waals surface area (Å²) in [6, 6.07) is 7.29. The highest BCUT2D eigenvalue weighted by Gasteiger charge is 2.34. The van der Waals surface area contributed by atoms with Crippen molar-refractivity contribution in [3.8, 4) is 5.69 Å². The minimum Gasteiger partial charge on any atom is -0.378 e. The summed E-state index contributed by atoms with van der Waals surface area (Å²) >= 11 is 5.39. The zero-order chi connectivity index (χ0) is 23.9. The van der Waals surface area contributed by atoms with Gasteiger partial charge in [-0.3, -0.25) is 19.8 Å². The molecule has 3 heterocycles. The first-order valence-corrected chi connectivity index (χ1v) is 11.3. The lowest BCUT2D eigenvalue weighted by Crippen LogP contribution is -2.36. The summed E-state index contributed by atoms with van der Waals surface area (Å²) in [5.41, 5.74) is 4.54. The van der Waals surface area contributed by atoms with Gasteiger partial charge in [0, 0.05) is 44.1 Å². The average molecular weight is 470 g/mol. The number of hydrogen-bond donors (Lipinski definition) is 0. The third-order valence-electron chi connectivity index (χ3n) is 6.19. The fourth-order valence-corrected chi connectivity index (χ4v) is 4.75. The molecule has 0 radical (unpaired) electrons. The molecule has 0 aliphatic carbocycles. The van der Waals surface area contributed by atoms with Crippen molar-refractivity contribution in [2.45, 2.75) is 20.8 Å². The molecule has 0 N–H and O–H groups in total. The third-order valence-corrected chi connectivity index (χ3v) is 6.68. The Balaban J connectivity index is 1.74. The standard InChI is InChI=1S/C23H27N5O4S/c1-5-26-22(29)21(24(4)23(26)33)13-17-12-15(2)27(16(17)3)18-6-7-19(20(14-18)28(30)31)25-8-10-32-11-9-25/h6-7,12-14H,5,8-11H2,1-4H3/b21-13-. The smallest absolute Gasteiger partial charge is 0.294 e. The molecule has 10 heteroatoms. The van der Waals surface area contributed by atoms with Gasteiger partial charge in [-0.15, -0.1) is 0 Å². The minimum atomic E-state index is -0.336. The van der Waals surface area contributed by atoms with Crippen LogP contribution in [0.3, 0.4) is 0 Å². The van der Waals surface area contributed by atoms with E-state index in [0.717, 1.165) is 17.0 Å². The Morgan fingerprint density at radius 2 is 1.91 bits per heavy atom. The van der Waals surface area contributed by atoms with Gasteiger partial charge in [0.15, 0.2) is 5.11 Å². The summed E-state index contributed by atoms with van der Waals surface area (Å²) in [6.45, 7) is 8.64. The second-order valence-electron chi connectivity index (χ2n) is 8.11. The van der Waals surface area contributed by atoms with Crippen LogP contribution in [0, 0.1) is 24.0 Å². The Kier molecular flexibility index (Phi) is 6.22. The number of morpholine rings is 1. The lowest BCUT2D eigenvalue weighted by molar-refractivity contribution is -0.384. The number of amides is 1. The van der Waals surface area contributed by atoms with E-state index in [2.05, 4.69) is 0 Å². The van der Waals surface area contributed by atoms with Crippen molar-refractivity contribution in [2.24, 2.45) is 0 Å². The highest BCUT2D eigenvalue weighted by molar-refractivity contribution is 7.80. The van der Waals surface area contributed by atoms with Crippen LogP contribution in [0.15, 0.2) is 30.0 Å². The van der Waals surface area contributed by atoms with Crippen LogP contribution in [-0.4, -0.2) is 70.2 Å². The number of nitro groups is 1. The molecule has 2 aliphatic rings. The number of nitro benzene ring substituents is 1. The first-order valence-electron chi connectivity index (χ1n) is 10.9. The van der Waals surface area contributed by atoms with Gasteiger partial charge in [-0.05, 0) is 62.8 Å². The zero-order valence-electron chi connectivity index (χ0n) is 19.2. The van der Waals surface area contributed by atoms with Crippen molar-refractivity contribution in [3.63, 3.8) is 0 Å². The minimum absolute atomic E-state index is 0.0662. The molecule has 0 bridgehead atoms. The van der Waals surface area contributed by atoms with Crippen molar-refractivity contribution < 1.29 is 14.5 Å². The molecule has 4 rings (SSSR count).